The molecule has 0 aromatic carbocycles. The average molecular weight is 199 g/mol. The third-order valence-electron chi connectivity index (χ3n) is 1.62. The molecule has 4 heteroatoms. The van der Waals surface area contributed by atoms with Crippen molar-refractivity contribution in [1.82, 2.24) is 15.5 Å². The molecular formula is C10H21N3O. The average Bonchev–Trinajstić information content (AvgIpc) is 2.02. The molecule has 0 aliphatic carbocycles. The predicted molar refractivity (Wildman–Crippen MR) is 59.2 cm³/mol. The molecule has 14 heavy (non-hydrogen) atoms. The molecule has 0 saturated carbocycles. The van der Waals surface area contributed by atoms with Crippen LogP contribution in [0.1, 0.15) is 6.92 Å². The molecule has 0 rings (SSSR count). The number of hydrogen-bond acceptors (Lipinski definition) is 3. The van der Waals surface area contributed by atoms with E-state index in [1.54, 1.807) is 6.08 Å². The number of hydrogen-bond donors (Lipinski definition) is 2. The summed E-state index contributed by atoms with van der Waals surface area (Å²) in [6.45, 7) is 7.42. The summed E-state index contributed by atoms with van der Waals surface area (Å²) in [5.74, 6) is 0.0289. The maximum absolute atomic E-state index is 11.3. The van der Waals surface area contributed by atoms with Gasteiger partial charge in [0, 0.05) is 19.1 Å². The SMILES string of the molecule is C=CCNCC(=O)NC(C)CN(C)C. The molecule has 2 N–H and O–H groups in total. The Balaban J connectivity index is 3.55. The van der Waals surface area contributed by atoms with Crippen LogP contribution in [0.3, 0.4) is 0 Å². The molecule has 0 saturated heterocycles. The van der Waals surface area contributed by atoms with Gasteiger partial charge in [-0.2, -0.15) is 0 Å². The van der Waals surface area contributed by atoms with Crippen LogP contribution in [0.2, 0.25) is 0 Å². The zero-order valence-electron chi connectivity index (χ0n) is 9.34. The van der Waals surface area contributed by atoms with Crippen molar-refractivity contribution in [3.63, 3.8) is 0 Å². The van der Waals surface area contributed by atoms with Crippen LogP contribution >= 0.6 is 0 Å². The largest absolute Gasteiger partial charge is 0.351 e. The monoisotopic (exact) mass is 199 g/mol. The second kappa shape index (κ2) is 7.53. The van der Waals surface area contributed by atoms with Crippen molar-refractivity contribution in [2.75, 3.05) is 33.7 Å². The standard InChI is InChI=1S/C10H21N3O/c1-5-6-11-7-10(14)12-9(2)8-13(3)4/h5,9,11H,1,6-8H2,2-4H3,(H,12,14). The van der Waals surface area contributed by atoms with Crippen molar-refractivity contribution in [3.8, 4) is 0 Å². The van der Waals surface area contributed by atoms with Crippen LogP contribution in [-0.4, -0.2) is 50.6 Å². The minimum Gasteiger partial charge on any atom is -0.351 e. The summed E-state index contributed by atoms with van der Waals surface area (Å²) >= 11 is 0. The van der Waals surface area contributed by atoms with E-state index in [-0.39, 0.29) is 11.9 Å². The van der Waals surface area contributed by atoms with Crippen molar-refractivity contribution < 1.29 is 4.79 Å². The second-order valence-electron chi connectivity index (χ2n) is 3.65. The van der Waals surface area contributed by atoms with Crippen LogP contribution < -0.4 is 10.6 Å². The Labute approximate surface area is 86.4 Å². The number of likely N-dealkylation sites (N-methyl/N-ethyl adjacent to an activating group) is 1. The fourth-order valence-corrected chi connectivity index (χ4v) is 1.21. The van der Waals surface area contributed by atoms with Gasteiger partial charge in [-0.3, -0.25) is 4.79 Å². The fourth-order valence-electron chi connectivity index (χ4n) is 1.21. The van der Waals surface area contributed by atoms with Gasteiger partial charge in [-0.1, -0.05) is 6.08 Å². The van der Waals surface area contributed by atoms with Crippen LogP contribution in [-0.2, 0) is 4.79 Å². The normalized spacial score (nSPS) is 12.6. The highest BCUT2D eigenvalue weighted by Crippen LogP contribution is 1.84. The van der Waals surface area contributed by atoms with Crippen LogP contribution in [0.15, 0.2) is 12.7 Å². The summed E-state index contributed by atoms with van der Waals surface area (Å²) in [7, 11) is 3.97. The first kappa shape index (κ1) is 13.1. The third-order valence-corrected chi connectivity index (χ3v) is 1.62. The van der Waals surface area contributed by atoms with Gasteiger partial charge in [0.15, 0.2) is 0 Å². The highest BCUT2D eigenvalue weighted by molar-refractivity contribution is 5.78. The van der Waals surface area contributed by atoms with Gasteiger partial charge in [0.1, 0.15) is 0 Å². The Bertz CT molecular complexity index is 180. The van der Waals surface area contributed by atoms with Crippen LogP contribution in [0.4, 0.5) is 0 Å². The Kier molecular flexibility index (Phi) is 7.06. The summed E-state index contributed by atoms with van der Waals surface area (Å²) < 4.78 is 0. The van der Waals surface area contributed by atoms with E-state index in [0.717, 1.165) is 6.54 Å². The zero-order valence-corrected chi connectivity index (χ0v) is 9.34. The second-order valence-corrected chi connectivity index (χ2v) is 3.65. The van der Waals surface area contributed by atoms with Gasteiger partial charge in [-0.15, -0.1) is 6.58 Å². The number of nitrogens with zero attached hydrogens (tertiary/aromatic N) is 1. The quantitative estimate of drug-likeness (QED) is 0.442. The van der Waals surface area contributed by atoms with Crippen molar-refractivity contribution in [3.05, 3.63) is 12.7 Å². The molecule has 0 aromatic rings. The minimum atomic E-state index is 0.0289. The maximum Gasteiger partial charge on any atom is 0.234 e. The highest BCUT2D eigenvalue weighted by Gasteiger charge is 2.06. The van der Waals surface area contributed by atoms with E-state index in [1.807, 2.05) is 25.9 Å². The number of amides is 1. The first-order valence-corrected chi connectivity index (χ1v) is 4.82. The molecule has 0 aliphatic heterocycles. The van der Waals surface area contributed by atoms with E-state index in [4.69, 9.17) is 0 Å². The van der Waals surface area contributed by atoms with Gasteiger partial charge >= 0.3 is 0 Å². The van der Waals surface area contributed by atoms with Crippen LogP contribution in [0.5, 0.6) is 0 Å². The number of carbonyl (C=O) groups is 1. The van der Waals surface area contributed by atoms with E-state index < -0.39 is 0 Å². The van der Waals surface area contributed by atoms with Gasteiger partial charge in [-0.05, 0) is 21.0 Å². The molecule has 0 aromatic heterocycles. The minimum absolute atomic E-state index is 0.0289. The first-order chi connectivity index (χ1) is 6.56. The lowest BCUT2D eigenvalue weighted by atomic mass is 10.3. The van der Waals surface area contributed by atoms with Gasteiger partial charge in [-0.25, -0.2) is 0 Å². The summed E-state index contributed by atoms with van der Waals surface area (Å²) in [5, 5.41) is 5.84. The van der Waals surface area contributed by atoms with Crippen LogP contribution in [0, 0.1) is 0 Å². The van der Waals surface area contributed by atoms with Crippen molar-refractivity contribution >= 4 is 5.91 Å². The number of rotatable bonds is 7. The molecule has 1 amide bonds. The Morgan fingerprint density at radius 3 is 2.71 bits per heavy atom. The maximum atomic E-state index is 11.3. The highest BCUT2D eigenvalue weighted by atomic mass is 16.1. The van der Waals surface area contributed by atoms with Gasteiger partial charge in [0.25, 0.3) is 0 Å². The lowest BCUT2D eigenvalue weighted by Gasteiger charge is -2.18. The van der Waals surface area contributed by atoms with E-state index in [0.29, 0.717) is 13.1 Å². The molecule has 1 unspecified atom stereocenters. The van der Waals surface area contributed by atoms with E-state index in [1.165, 1.54) is 0 Å². The molecule has 0 spiro atoms. The molecule has 4 nitrogen and oxygen atoms in total. The first-order valence-electron chi connectivity index (χ1n) is 4.82. The molecule has 0 aliphatic rings. The number of nitrogens with one attached hydrogen (secondary N) is 2. The smallest absolute Gasteiger partial charge is 0.234 e. The van der Waals surface area contributed by atoms with Gasteiger partial charge in [0.05, 0.1) is 6.54 Å². The topological polar surface area (TPSA) is 44.4 Å². The third kappa shape index (κ3) is 7.76. The van der Waals surface area contributed by atoms with Gasteiger partial charge < -0.3 is 15.5 Å². The lowest BCUT2D eigenvalue weighted by Crippen LogP contribution is -2.43. The molecule has 0 bridgehead atoms. The Hall–Kier alpha value is -0.870. The molecule has 0 heterocycles. The Morgan fingerprint density at radius 2 is 2.21 bits per heavy atom. The summed E-state index contributed by atoms with van der Waals surface area (Å²) in [5.41, 5.74) is 0. The summed E-state index contributed by atoms with van der Waals surface area (Å²) in [4.78, 5) is 13.3. The van der Waals surface area contributed by atoms with Crippen molar-refractivity contribution in [1.29, 1.82) is 0 Å². The van der Waals surface area contributed by atoms with E-state index in [9.17, 15) is 4.79 Å². The molecule has 1 atom stereocenters. The lowest BCUT2D eigenvalue weighted by molar-refractivity contribution is -0.120. The number of carbonyl (C=O) groups excluding carboxylic acids is 1. The molecular weight excluding hydrogens is 178 g/mol. The molecule has 0 fully saturated rings. The fraction of sp³-hybridized carbons (Fsp3) is 0.700. The van der Waals surface area contributed by atoms with E-state index in [2.05, 4.69) is 17.2 Å². The Morgan fingerprint density at radius 1 is 1.57 bits per heavy atom. The molecule has 0 radical (unpaired) electrons. The summed E-state index contributed by atoms with van der Waals surface area (Å²) in [6.07, 6.45) is 1.73. The molecule has 82 valence electrons. The van der Waals surface area contributed by atoms with Crippen molar-refractivity contribution in [2.24, 2.45) is 0 Å². The van der Waals surface area contributed by atoms with Crippen LogP contribution in [0.25, 0.3) is 0 Å². The predicted octanol–water partition coefficient (Wildman–Crippen LogP) is -0.172. The summed E-state index contributed by atoms with van der Waals surface area (Å²) in [6, 6.07) is 0.183. The van der Waals surface area contributed by atoms with Crippen molar-refractivity contribution in [2.45, 2.75) is 13.0 Å². The zero-order chi connectivity index (χ0) is 11.0. The van der Waals surface area contributed by atoms with E-state index >= 15 is 0 Å². The van der Waals surface area contributed by atoms with Gasteiger partial charge in [0.2, 0.25) is 5.91 Å².